The molecule has 3 rings (SSSR count). The van der Waals surface area contributed by atoms with Gasteiger partial charge in [0.1, 0.15) is 0 Å². The van der Waals surface area contributed by atoms with Crippen LogP contribution in [0, 0.1) is 5.92 Å². The van der Waals surface area contributed by atoms with Crippen LogP contribution < -0.4 is 5.32 Å². The lowest BCUT2D eigenvalue weighted by atomic mass is 9.87. The van der Waals surface area contributed by atoms with Gasteiger partial charge in [0.05, 0.1) is 5.69 Å². The van der Waals surface area contributed by atoms with Gasteiger partial charge < -0.3 is 14.7 Å². The van der Waals surface area contributed by atoms with E-state index in [2.05, 4.69) is 15.4 Å². The maximum absolute atomic E-state index is 12.0. The van der Waals surface area contributed by atoms with Crippen LogP contribution in [0.3, 0.4) is 0 Å². The van der Waals surface area contributed by atoms with Gasteiger partial charge in [0, 0.05) is 31.6 Å². The smallest absolute Gasteiger partial charge is 0.289 e. The van der Waals surface area contributed by atoms with Gasteiger partial charge in [-0.15, -0.1) is 0 Å². The van der Waals surface area contributed by atoms with E-state index in [1.807, 2.05) is 13.0 Å². The molecule has 1 aliphatic carbocycles. The zero-order chi connectivity index (χ0) is 16.8. The van der Waals surface area contributed by atoms with E-state index < -0.39 is 0 Å². The van der Waals surface area contributed by atoms with Crippen molar-refractivity contribution in [1.82, 2.24) is 15.4 Å². The van der Waals surface area contributed by atoms with Gasteiger partial charge in [-0.1, -0.05) is 31.3 Å². The van der Waals surface area contributed by atoms with Gasteiger partial charge in [0.25, 0.3) is 5.91 Å². The van der Waals surface area contributed by atoms with Crippen LogP contribution in [0.1, 0.15) is 80.5 Å². The number of rotatable bonds is 6. The third-order valence-electron chi connectivity index (χ3n) is 5.45. The Morgan fingerprint density at radius 3 is 2.92 bits per heavy atom. The number of amides is 1. The van der Waals surface area contributed by atoms with Crippen LogP contribution in [-0.4, -0.2) is 42.1 Å². The summed E-state index contributed by atoms with van der Waals surface area (Å²) in [6.45, 7) is 6.20. The second-order valence-corrected chi connectivity index (χ2v) is 7.47. The van der Waals surface area contributed by atoms with E-state index in [-0.39, 0.29) is 5.91 Å². The van der Waals surface area contributed by atoms with Gasteiger partial charge >= 0.3 is 0 Å². The first-order valence-electron chi connectivity index (χ1n) is 9.73. The molecule has 2 heterocycles. The largest absolute Gasteiger partial charge is 0.351 e. The van der Waals surface area contributed by atoms with Crippen LogP contribution in [0.5, 0.6) is 0 Å². The second-order valence-electron chi connectivity index (χ2n) is 7.47. The topological polar surface area (TPSA) is 58.4 Å². The summed E-state index contributed by atoms with van der Waals surface area (Å²) in [5.74, 6) is 1.48. The molecule has 24 heavy (non-hydrogen) atoms. The molecular formula is C19H31N3O2. The number of nitrogens with zero attached hydrogens (tertiary/aromatic N) is 2. The highest BCUT2D eigenvalue weighted by Crippen LogP contribution is 2.30. The fourth-order valence-corrected chi connectivity index (χ4v) is 4.11. The lowest BCUT2D eigenvalue weighted by Gasteiger charge is -2.35. The molecule has 1 aromatic rings. The summed E-state index contributed by atoms with van der Waals surface area (Å²) in [4.78, 5) is 14.6. The molecule has 5 heteroatoms. The zero-order valence-corrected chi connectivity index (χ0v) is 14.9. The van der Waals surface area contributed by atoms with E-state index in [1.165, 1.54) is 51.6 Å². The first-order chi connectivity index (χ1) is 11.8. The van der Waals surface area contributed by atoms with Gasteiger partial charge in [0.2, 0.25) is 5.76 Å². The summed E-state index contributed by atoms with van der Waals surface area (Å²) in [7, 11) is 0. The minimum Gasteiger partial charge on any atom is -0.351 e. The van der Waals surface area contributed by atoms with Crippen LogP contribution >= 0.6 is 0 Å². The Labute approximate surface area is 145 Å². The summed E-state index contributed by atoms with van der Waals surface area (Å²) in [6.07, 6.45) is 10.3. The number of hydrogen-bond donors (Lipinski definition) is 1. The SMILES string of the molecule is CCCNC(=O)c1cc([C@H]2CCCN(CC3CCCCC3)C2)no1. The molecular weight excluding hydrogens is 302 g/mol. The number of carbonyl (C=O) groups excluding carboxylic acids is 1. The van der Waals surface area contributed by atoms with Gasteiger partial charge in [-0.3, -0.25) is 4.79 Å². The molecule has 0 radical (unpaired) electrons. The number of carbonyl (C=O) groups is 1. The van der Waals surface area contributed by atoms with Gasteiger partial charge in [0.15, 0.2) is 0 Å². The molecule has 5 nitrogen and oxygen atoms in total. The normalized spacial score (nSPS) is 23.3. The van der Waals surface area contributed by atoms with Crippen molar-refractivity contribution in [3.63, 3.8) is 0 Å². The predicted molar refractivity (Wildman–Crippen MR) is 94.1 cm³/mol. The zero-order valence-electron chi connectivity index (χ0n) is 14.9. The molecule has 134 valence electrons. The summed E-state index contributed by atoms with van der Waals surface area (Å²) in [5, 5.41) is 7.03. The molecule has 1 aromatic heterocycles. The number of aromatic nitrogens is 1. The Bertz CT molecular complexity index is 522. The van der Waals surface area contributed by atoms with Crippen molar-refractivity contribution in [3.8, 4) is 0 Å². The average molecular weight is 333 g/mol. The number of hydrogen-bond acceptors (Lipinski definition) is 4. The molecule has 0 unspecified atom stereocenters. The van der Waals surface area contributed by atoms with Crippen LogP contribution in [0.15, 0.2) is 10.6 Å². The molecule has 1 aliphatic heterocycles. The minimum absolute atomic E-state index is 0.148. The highest BCUT2D eigenvalue weighted by Gasteiger charge is 2.27. The van der Waals surface area contributed by atoms with Gasteiger partial charge in [-0.2, -0.15) is 0 Å². The fraction of sp³-hybridized carbons (Fsp3) is 0.789. The fourth-order valence-electron chi connectivity index (χ4n) is 4.11. The van der Waals surface area contributed by atoms with Crippen molar-refractivity contribution >= 4 is 5.91 Å². The monoisotopic (exact) mass is 333 g/mol. The Balaban J connectivity index is 1.54. The number of likely N-dealkylation sites (tertiary alicyclic amines) is 1. The molecule has 2 aliphatic rings. The predicted octanol–water partition coefficient (Wildman–Crippen LogP) is 3.57. The van der Waals surface area contributed by atoms with E-state index in [0.717, 1.165) is 31.0 Å². The van der Waals surface area contributed by atoms with Crippen LogP contribution in [0.4, 0.5) is 0 Å². The molecule has 0 bridgehead atoms. The first kappa shape index (κ1) is 17.5. The van der Waals surface area contributed by atoms with Gasteiger partial charge in [-0.05, 0) is 44.6 Å². The van der Waals surface area contributed by atoms with E-state index in [9.17, 15) is 4.79 Å². The number of nitrogens with one attached hydrogen (secondary N) is 1. The highest BCUT2D eigenvalue weighted by molar-refractivity contribution is 5.91. The lowest BCUT2D eigenvalue weighted by molar-refractivity contribution is 0.0916. The molecule has 2 fully saturated rings. The second kappa shape index (κ2) is 8.65. The maximum atomic E-state index is 12.0. The van der Waals surface area contributed by atoms with Crippen molar-refractivity contribution in [2.45, 2.75) is 64.2 Å². The third kappa shape index (κ3) is 4.59. The molecule has 1 saturated carbocycles. The van der Waals surface area contributed by atoms with Crippen LogP contribution in [-0.2, 0) is 0 Å². The Kier molecular flexibility index (Phi) is 6.30. The average Bonchev–Trinajstić information content (AvgIpc) is 3.11. The summed E-state index contributed by atoms with van der Waals surface area (Å²) < 4.78 is 5.28. The molecule has 0 spiro atoms. The standard InChI is InChI=1S/C19H31N3O2/c1-2-10-20-19(23)18-12-17(21-24-18)16-9-6-11-22(14-16)13-15-7-4-3-5-8-15/h12,15-16H,2-11,13-14H2,1H3,(H,20,23)/t16-/m0/s1. The quantitative estimate of drug-likeness (QED) is 0.864. The molecule has 1 saturated heterocycles. The first-order valence-corrected chi connectivity index (χ1v) is 9.73. The van der Waals surface area contributed by atoms with E-state index in [1.54, 1.807) is 0 Å². The minimum atomic E-state index is -0.148. The van der Waals surface area contributed by atoms with Crippen molar-refractivity contribution in [2.24, 2.45) is 5.92 Å². The summed E-state index contributed by atoms with van der Waals surface area (Å²) >= 11 is 0. The Morgan fingerprint density at radius 1 is 1.29 bits per heavy atom. The molecule has 1 atom stereocenters. The Hall–Kier alpha value is -1.36. The summed E-state index contributed by atoms with van der Waals surface area (Å²) in [6, 6.07) is 1.85. The third-order valence-corrected chi connectivity index (χ3v) is 5.45. The van der Waals surface area contributed by atoms with Crippen molar-refractivity contribution in [1.29, 1.82) is 0 Å². The summed E-state index contributed by atoms with van der Waals surface area (Å²) in [5.41, 5.74) is 0.949. The van der Waals surface area contributed by atoms with Crippen LogP contribution in [0.25, 0.3) is 0 Å². The number of piperidine rings is 1. The van der Waals surface area contributed by atoms with E-state index in [4.69, 9.17) is 4.52 Å². The van der Waals surface area contributed by atoms with Crippen LogP contribution in [0.2, 0.25) is 0 Å². The Morgan fingerprint density at radius 2 is 2.12 bits per heavy atom. The maximum Gasteiger partial charge on any atom is 0.289 e. The van der Waals surface area contributed by atoms with E-state index in [0.29, 0.717) is 18.2 Å². The highest BCUT2D eigenvalue weighted by atomic mass is 16.5. The molecule has 1 amide bonds. The van der Waals surface area contributed by atoms with Crippen molar-refractivity contribution in [3.05, 3.63) is 17.5 Å². The lowest BCUT2D eigenvalue weighted by Crippen LogP contribution is -2.38. The van der Waals surface area contributed by atoms with Crippen molar-refractivity contribution < 1.29 is 9.32 Å². The van der Waals surface area contributed by atoms with E-state index >= 15 is 0 Å². The molecule has 0 aromatic carbocycles. The van der Waals surface area contributed by atoms with Crippen molar-refractivity contribution in [2.75, 3.05) is 26.2 Å². The van der Waals surface area contributed by atoms with Gasteiger partial charge in [-0.25, -0.2) is 0 Å². The molecule has 1 N–H and O–H groups in total.